The second-order valence-corrected chi connectivity index (χ2v) is 9.00. The van der Waals surface area contributed by atoms with Gasteiger partial charge < -0.3 is 14.2 Å². The Balaban J connectivity index is 1.88. The Bertz CT molecular complexity index is 725. The first-order valence-electron chi connectivity index (χ1n) is 8.33. The largest absolute Gasteiger partial charge is 0.485 e. The molecule has 2 aromatic rings. The van der Waals surface area contributed by atoms with E-state index in [1.807, 2.05) is 27.7 Å². The molecule has 0 N–H and O–H groups in total. The monoisotopic (exact) mass is 450 g/mol. The van der Waals surface area contributed by atoms with Crippen LogP contribution in [0.15, 0.2) is 36.4 Å². The van der Waals surface area contributed by atoms with Crippen molar-refractivity contribution in [1.29, 1.82) is 0 Å². The van der Waals surface area contributed by atoms with Gasteiger partial charge in [0.15, 0.2) is 0 Å². The average molecular weight is 452 g/mol. The maximum atomic E-state index is 6.03. The van der Waals surface area contributed by atoms with E-state index < -0.39 is 11.2 Å². The zero-order chi connectivity index (χ0) is 20.2. The highest BCUT2D eigenvalue weighted by Crippen LogP contribution is 2.30. The van der Waals surface area contributed by atoms with Gasteiger partial charge in [-0.2, -0.15) is 0 Å². The van der Waals surface area contributed by atoms with E-state index >= 15 is 0 Å². The molecule has 0 fully saturated rings. The van der Waals surface area contributed by atoms with E-state index in [9.17, 15) is 0 Å². The molecule has 0 aromatic heterocycles. The fraction of sp³-hybridized carbons (Fsp3) is 0.400. The van der Waals surface area contributed by atoms with E-state index in [1.165, 1.54) is 0 Å². The first-order valence-corrected chi connectivity index (χ1v) is 9.84. The van der Waals surface area contributed by atoms with Gasteiger partial charge in [0.05, 0.1) is 33.3 Å². The summed E-state index contributed by atoms with van der Waals surface area (Å²) >= 11 is 23.9. The van der Waals surface area contributed by atoms with Crippen LogP contribution in [0.3, 0.4) is 0 Å². The fourth-order valence-electron chi connectivity index (χ4n) is 2.32. The number of halogens is 4. The summed E-state index contributed by atoms with van der Waals surface area (Å²) in [5.74, 6) is 1.26. The summed E-state index contributed by atoms with van der Waals surface area (Å²) in [5, 5.41) is 1.86. The van der Waals surface area contributed by atoms with Crippen LogP contribution in [-0.2, 0) is 4.74 Å². The van der Waals surface area contributed by atoms with Gasteiger partial charge in [0.1, 0.15) is 22.7 Å². The lowest BCUT2D eigenvalue weighted by Gasteiger charge is -2.30. The molecule has 0 atom stereocenters. The maximum Gasteiger partial charge on any atom is 0.127 e. The van der Waals surface area contributed by atoms with Gasteiger partial charge in [0.25, 0.3) is 0 Å². The number of hydrogen-bond donors (Lipinski definition) is 0. The van der Waals surface area contributed by atoms with Crippen molar-refractivity contribution in [3.05, 3.63) is 56.5 Å². The molecule has 3 nitrogen and oxygen atoms in total. The van der Waals surface area contributed by atoms with Gasteiger partial charge in [0, 0.05) is 12.1 Å². The Hall–Kier alpha value is -0.840. The van der Waals surface area contributed by atoms with Crippen molar-refractivity contribution in [2.75, 3.05) is 13.2 Å². The molecular weight excluding hydrogens is 430 g/mol. The molecule has 0 aliphatic carbocycles. The summed E-state index contributed by atoms with van der Waals surface area (Å²) in [4.78, 5) is 0. The van der Waals surface area contributed by atoms with Crippen molar-refractivity contribution in [2.45, 2.75) is 38.9 Å². The molecule has 27 heavy (non-hydrogen) atoms. The van der Waals surface area contributed by atoms with Crippen molar-refractivity contribution in [3.8, 4) is 11.5 Å². The number of rotatable bonds is 8. The van der Waals surface area contributed by atoms with Crippen molar-refractivity contribution in [2.24, 2.45) is 0 Å². The molecule has 148 valence electrons. The van der Waals surface area contributed by atoms with Gasteiger partial charge in [-0.1, -0.05) is 46.4 Å². The highest BCUT2D eigenvalue weighted by molar-refractivity contribution is 6.42. The van der Waals surface area contributed by atoms with Crippen molar-refractivity contribution >= 4 is 46.4 Å². The zero-order valence-electron chi connectivity index (χ0n) is 15.6. The Morgan fingerprint density at radius 2 is 1.00 bits per heavy atom. The topological polar surface area (TPSA) is 27.7 Å². The SMILES string of the molecule is CC(C)(COCC(C)(C)Oc1ccc(Cl)c(Cl)c1)Oc1ccc(Cl)c(Cl)c1. The molecular formula is C20H22Cl4O3. The van der Waals surface area contributed by atoms with Crippen LogP contribution in [0.4, 0.5) is 0 Å². The summed E-state index contributed by atoms with van der Waals surface area (Å²) in [6.45, 7) is 8.46. The van der Waals surface area contributed by atoms with Crippen LogP contribution in [0.25, 0.3) is 0 Å². The first-order chi connectivity index (χ1) is 12.5. The molecule has 0 amide bonds. The van der Waals surface area contributed by atoms with E-state index in [0.717, 1.165) is 0 Å². The summed E-state index contributed by atoms with van der Waals surface area (Å²) in [6, 6.07) is 10.3. The molecule has 2 aromatic carbocycles. The van der Waals surface area contributed by atoms with Crippen molar-refractivity contribution in [3.63, 3.8) is 0 Å². The van der Waals surface area contributed by atoms with E-state index in [2.05, 4.69) is 0 Å². The smallest absolute Gasteiger partial charge is 0.127 e. The molecule has 0 spiro atoms. The second-order valence-electron chi connectivity index (χ2n) is 7.37. The number of ether oxygens (including phenoxy) is 3. The van der Waals surface area contributed by atoms with Crippen LogP contribution in [0.5, 0.6) is 11.5 Å². The Kier molecular flexibility index (Phi) is 7.57. The Labute approximate surface area is 180 Å². The van der Waals surface area contributed by atoms with Gasteiger partial charge in [-0.15, -0.1) is 0 Å². The van der Waals surface area contributed by atoms with Gasteiger partial charge in [-0.3, -0.25) is 0 Å². The van der Waals surface area contributed by atoms with Crippen LogP contribution < -0.4 is 9.47 Å². The number of hydrogen-bond acceptors (Lipinski definition) is 3. The standard InChI is InChI=1S/C20H22Cl4O3/c1-19(2,26-13-5-7-15(21)17(23)9-13)11-25-12-20(3,4)27-14-6-8-16(22)18(24)10-14/h5-10H,11-12H2,1-4H3. The Morgan fingerprint density at radius 1 is 0.630 bits per heavy atom. The third-order valence-corrected chi connectivity index (χ3v) is 4.95. The summed E-state index contributed by atoms with van der Waals surface area (Å²) in [7, 11) is 0. The summed E-state index contributed by atoms with van der Waals surface area (Å²) in [6.07, 6.45) is 0. The maximum absolute atomic E-state index is 6.03. The number of benzene rings is 2. The molecule has 0 aliphatic heterocycles. The van der Waals surface area contributed by atoms with Gasteiger partial charge in [-0.25, -0.2) is 0 Å². The molecule has 0 bridgehead atoms. The summed E-state index contributed by atoms with van der Waals surface area (Å²) in [5.41, 5.74) is -1.12. The van der Waals surface area contributed by atoms with Crippen LogP contribution in [-0.4, -0.2) is 24.4 Å². The van der Waals surface area contributed by atoms with E-state index in [4.69, 9.17) is 60.6 Å². The summed E-state index contributed by atoms with van der Waals surface area (Å²) < 4.78 is 17.8. The second kappa shape index (κ2) is 9.11. The third-order valence-electron chi connectivity index (χ3n) is 3.47. The minimum absolute atomic E-state index is 0.363. The lowest BCUT2D eigenvalue weighted by atomic mass is 10.1. The Morgan fingerprint density at radius 3 is 1.33 bits per heavy atom. The molecule has 0 aliphatic rings. The molecule has 2 rings (SSSR count). The third kappa shape index (κ3) is 7.24. The van der Waals surface area contributed by atoms with Gasteiger partial charge in [0.2, 0.25) is 0 Å². The zero-order valence-corrected chi connectivity index (χ0v) is 18.6. The van der Waals surface area contributed by atoms with Crippen LogP contribution in [0.2, 0.25) is 20.1 Å². The highest BCUT2D eigenvalue weighted by Gasteiger charge is 2.25. The van der Waals surface area contributed by atoms with Crippen LogP contribution >= 0.6 is 46.4 Å². The van der Waals surface area contributed by atoms with Crippen molar-refractivity contribution < 1.29 is 14.2 Å². The van der Waals surface area contributed by atoms with Gasteiger partial charge in [-0.05, 0) is 52.0 Å². The van der Waals surface area contributed by atoms with Crippen LogP contribution in [0.1, 0.15) is 27.7 Å². The minimum Gasteiger partial charge on any atom is -0.485 e. The lowest BCUT2D eigenvalue weighted by molar-refractivity contribution is -0.0532. The van der Waals surface area contributed by atoms with Gasteiger partial charge >= 0.3 is 0 Å². The van der Waals surface area contributed by atoms with Crippen molar-refractivity contribution in [1.82, 2.24) is 0 Å². The first kappa shape index (κ1) is 22.4. The predicted octanol–water partition coefficient (Wildman–Crippen LogP) is 7.33. The molecule has 7 heteroatoms. The molecule has 0 unspecified atom stereocenters. The average Bonchev–Trinajstić information content (AvgIpc) is 2.53. The highest BCUT2D eigenvalue weighted by atomic mass is 35.5. The van der Waals surface area contributed by atoms with E-state index in [-0.39, 0.29) is 0 Å². The van der Waals surface area contributed by atoms with Crippen LogP contribution in [0, 0.1) is 0 Å². The quantitative estimate of drug-likeness (QED) is 0.420. The minimum atomic E-state index is -0.559. The van der Waals surface area contributed by atoms with E-state index in [1.54, 1.807) is 36.4 Å². The van der Waals surface area contributed by atoms with E-state index in [0.29, 0.717) is 44.8 Å². The lowest BCUT2D eigenvalue weighted by Crippen LogP contribution is -2.39. The molecule has 0 saturated heterocycles. The predicted molar refractivity (Wildman–Crippen MR) is 113 cm³/mol. The normalized spacial score (nSPS) is 12.1. The molecule has 0 heterocycles. The molecule has 0 saturated carbocycles. The molecule has 0 radical (unpaired) electrons. The fourth-order valence-corrected chi connectivity index (χ4v) is 2.90.